The summed E-state index contributed by atoms with van der Waals surface area (Å²) in [4.78, 5) is 0. The summed E-state index contributed by atoms with van der Waals surface area (Å²) in [5.74, 6) is 0. The second-order valence-electron chi connectivity index (χ2n) is 4.05. The monoisotopic (exact) mass is 295 g/mol. The molecular formula is C11H22IN. The molecule has 1 N–H and O–H groups in total. The first-order valence-electron chi connectivity index (χ1n) is 5.74. The van der Waals surface area contributed by atoms with Crippen molar-refractivity contribution in [3.63, 3.8) is 0 Å². The molecule has 1 unspecified atom stereocenters. The van der Waals surface area contributed by atoms with E-state index in [1.54, 1.807) is 0 Å². The molecule has 0 aliphatic carbocycles. The van der Waals surface area contributed by atoms with Crippen molar-refractivity contribution in [3.05, 3.63) is 0 Å². The van der Waals surface area contributed by atoms with Crippen LogP contribution in [-0.4, -0.2) is 17.0 Å². The van der Waals surface area contributed by atoms with Gasteiger partial charge >= 0.3 is 0 Å². The Morgan fingerprint density at radius 3 is 2.31 bits per heavy atom. The molecule has 0 aromatic rings. The van der Waals surface area contributed by atoms with Crippen LogP contribution < -0.4 is 5.32 Å². The Bertz CT molecular complexity index is 105. The van der Waals surface area contributed by atoms with Crippen molar-refractivity contribution in [2.75, 3.05) is 13.1 Å². The van der Waals surface area contributed by atoms with E-state index in [4.69, 9.17) is 0 Å². The highest BCUT2D eigenvalue weighted by atomic mass is 127. The minimum absolute atomic E-state index is 0.929. The normalized spacial score (nSPS) is 28.8. The van der Waals surface area contributed by atoms with Gasteiger partial charge in [0.15, 0.2) is 0 Å². The lowest BCUT2D eigenvalue weighted by Crippen LogP contribution is -2.18. The first kappa shape index (κ1) is 11.8. The number of hydrogen-bond donors (Lipinski definition) is 1. The fourth-order valence-electron chi connectivity index (χ4n) is 1.86. The van der Waals surface area contributed by atoms with Gasteiger partial charge in [0.05, 0.1) is 0 Å². The van der Waals surface area contributed by atoms with Gasteiger partial charge in [0, 0.05) is 3.92 Å². The number of nitrogens with one attached hydrogen (secondary N) is 1. The summed E-state index contributed by atoms with van der Waals surface area (Å²) < 4.78 is 0.929. The van der Waals surface area contributed by atoms with Crippen LogP contribution in [0.3, 0.4) is 0 Å². The highest BCUT2D eigenvalue weighted by Crippen LogP contribution is 2.17. The minimum Gasteiger partial charge on any atom is -0.317 e. The van der Waals surface area contributed by atoms with Crippen LogP contribution in [0.1, 0.15) is 51.4 Å². The van der Waals surface area contributed by atoms with Crippen molar-refractivity contribution in [3.8, 4) is 0 Å². The first-order valence-corrected chi connectivity index (χ1v) is 6.99. The molecule has 1 heterocycles. The summed E-state index contributed by atoms with van der Waals surface area (Å²) in [5, 5.41) is 3.52. The van der Waals surface area contributed by atoms with Gasteiger partial charge in [-0.25, -0.2) is 0 Å². The molecule has 1 atom stereocenters. The maximum Gasteiger partial charge on any atom is 0.0110 e. The average Bonchev–Trinajstić information content (AvgIpc) is 2.11. The van der Waals surface area contributed by atoms with Crippen LogP contribution in [0.25, 0.3) is 0 Å². The molecule has 1 fully saturated rings. The molecule has 0 aromatic carbocycles. The van der Waals surface area contributed by atoms with Gasteiger partial charge in [-0.3, -0.25) is 0 Å². The zero-order chi connectivity index (χ0) is 9.36. The fourth-order valence-corrected chi connectivity index (χ4v) is 2.74. The van der Waals surface area contributed by atoms with Crippen LogP contribution in [0.4, 0.5) is 0 Å². The zero-order valence-corrected chi connectivity index (χ0v) is 10.7. The summed E-state index contributed by atoms with van der Waals surface area (Å²) >= 11 is 2.62. The second kappa shape index (κ2) is 8.04. The molecule has 0 saturated carbocycles. The van der Waals surface area contributed by atoms with Crippen molar-refractivity contribution in [1.29, 1.82) is 0 Å². The van der Waals surface area contributed by atoms with E-state index in [0.29, 0.717) is 0 Å². The summed E-state index contributed by atoms with van der Waals surface area (Å²) in [5.41, 5.74) is 0. The van der Waals surface area contributed by atoms with E-state index < -0.39 is 0 Å². The van der Waals surface area contributed by atoms with Gasteiger partial charge in [-0.15, -0.1) is 0 Å². The van der Waals surface area contributed by atoms with Gasteiger partial charge in [-0.2, -0.15) is 0 Å². The third-order valence-corrected chi connectivity index (χ3v) is 3.99. The van der Waals surface area contributed by atoms with Gasteiger partial charge < -0.3 is 5.32 Å². The number of rotatable bonds is 0. The predicted octanol–water partition coefficient (Wildman–Crippen LogP) is 3.51. The molecule has 0 amide bonds. The smallest absolute Gasteiger partial charge is 0.0110 e. The van der Waals surface area contributed by atoms with Crippen LogP contribution in [0.2, 0.25) is 0 Å². The molecule has 1 saturated heterocycles. The van der Waals surface area contributed by atoms with Crippen molar-refractivity contribution < 1.29 is 0 Å². The lowest BCUT2D eigenvalue weighted by Gasteiger charge is -2.12. The van der Waals surface area contributed by atoms with Gasteiger partial charge in [-0.1, -0.05) is 48.3 Å². The molecule has 0 bridgehead atoms. The summed E-state index contributed by atoms with van der Waals surface area (Å²) in [6, 6.07) is 0. The topological polar surface area (TPSA) is 12.0 Å². The standard InChI is InChI=1S/C11H22IN/c12-11-7-4-2-1-3-5-9-13-10-6-8-11/h11,13H,1-10H2. The third kappa shape index (κ3) is 6.72. The maximum absolute atomic E-state index is 3.52. The largest absolute Gasteiger partial charge is 0.317 e. The van der Waals surface area contributed by atoms with E-state index in [1.807, 2.05) is 0 Å². The van der Waals surface area contributed by atoms with Gasteiger partial charge in [0.1, 0.15) is 0 Å². The Morgan fingerprint density at radius 1 is 0.769 bits per heavy atom. The van der Waals surface area contributed by atoms with Crippen molar-refractivity contribution in [2.24, 2.45) is 0 Å². The summed E-state index contributed by atoms with van der Waals surface area (Å²) in [6.45, 7) is 2.48. The highest BCUT2D eigenvalue weighted by molar-refractivity contribution is 14.1. The Labute approximate surface area is 96.2 Å². The van der Waals surface area contributed by atoms with Gasteiger partial charge in [0.2, 0.25) is 0 Å². The van der Waals surface area contributed by atoms with Crippen LogP contribution >= 0.6 is 22.6 Å². The molecule has 1 rings (SSSR count). The fraction of sp³-hybridized carbons (Fsp3) is 1.00. The summed E-state index contributed by atoms with van der Waals surface area (Å²) in [6.07, 6.45) is 11.4. The molecule has 0 spiro atoms. The summed E-state index contributed by atoms with van der Waals surface area (Å²) in [7, 11) is 0. The van der Waals surface area contributed by atoms with Crippen LogP contribution in [0.5, 0.6) is 0 Å². The van der Waals surface area contributed by atoms with E-state index >= 15 is 0 Å². The molecule has 0 aromatic heterocycles. The van der Waals surface area contributed by atoms with Crippen LogP contribution in [0.15, 0.2) is 0 Å². The van der Waals surface area contributed by atoms with Crippen molar-refractivity contribution in [1.82, 2.24) is 5.32 Å². The third-order valence-electron chi connectivity index (χ3n) is 2.74. The molecular weight excluding hydrogens is 273 g/mol. The molecule has 0 radical (unpaired) electrons. The first-order chi connectivity index (χ1) is 6.39. The van der Waals surface area contributed by atoms with E-state index in [-0.39, 0.29) is 0 Å². The second-order valence-corrected chi connectivity index (χ2v) is 5.81. The predicted molar refractivity (Wildman–Crippen MR) is 67.6 cm³/mol. The zero-order valence-electron chi connectivity index (χ0n) is 8.53. The molecule has 13 heavy (non-hydrogen) atoms. The van der Waals surface area contributed by atoms with Gasteiger partial charge in [0.25, 0.3) is 0 Å². The Hall–Kier alpha value is 0.690. The van der Waals surface area contributed by atoms with Crippen LogP contribution in [-0.2, 0) is 0 Å². The Kier molecular flexibility index (Phi) is 7.27. The van der Waals surface area contributed by atoms with E-state index in [1.165, 1.54) is 64.5 Å². The lowest BCUT2D eigenvalue weighted by atomic mass is 10.1. The lowest BCUT2D eigenvalue weighted by molar-refractivity contribution is 0.523. The Balaban J connectivity index is 2.11. The molecule has 1 aliphatic rings. The van der Waals surface area contributed by atoms with Gasteiger partial charge in [-0.05, 0) is 38.8 Å². The molecule has 1 aliphatic heterocycles. The SMILES string of the molecule is IC1CCCCCCCNCCC1. The minimum atomic E-state index is 0.929. The number of hydrogen-bond acceptors (Lipinski definition) is 1. The van der Waals surface area contributed by atoms with Crippen molar-refractivity contribution in [2.45, 2.75) is 55.3 Å². The number of alkyl halides is 1. The molecule has 2 heteroatoms. The average molecular weight is 295 g/mol. The highest BCUT2D eigenvalue weighted by Gasteiger charge is 2.04. The van der Waals surface area contributed by atoms with Crippen molar-refractivity contribution >= 4 is 22.6 Å². The quantitative estimate of drug-likeness (QED) is 0.532. The van der Waals surface area contributed by atoms with E-state index in [2.05, 4.69) is 27.9 Å². The van der Waals surface area contributed by atoms with Crippen LogP contribution in [0, 0.1) is 0 Å². The maximum atomic E-state index is 3.52. The van der Waals surface area contributed by atoms with E-state index in [9.17, 15) is 0 Å². The van der Waals surface area contributed by atoms with E-state index in [0.717, 1.165) is 3.92 Å². The molecule has 1 nitrogen and oxygen atoms in total. The number of halogens is 1. The Morgan fingerprint density at radius 2 is 1.38 bits per heavy atom. The molecule has 78 valence electrons.